The summed E-state index contributed by atoms with van der Waals surface area (Å²) in [5.41, 5.74) is 1.30. The minimum absolute atomic E-state index is 0.160. The van der Waals surface area contributed by atoms with Crippen LogP contribution in [-0.4, -0.2) is 31.2 Å². The maximum Gasteiger partial charge on any atom is 0.338 e. The number of esters is 2. The maximum atomic E-state index is 12.6. The van der Waals surface area contributed by atoms with E-state index in [9.17, 15) is 14.4 Å². The molecule has 2 aromatic rings. The van der Waals surface area contributed by atoms with Crippen LogP contribution in [0.3, 0.4) is 0 Å². The fourth-order valence-corrected chi connectivity index (χ4v) is 3.10. The van der Waals surface area contributed by atoms with Crippen LogP contribution in [0.5, 0.6) is 0 Å². The third-order valence-electron chi connectivity index (χ3n) is 4.19. The molecule has 0 saturated carbocycles. The largest absolute Gasteiger partial charge is 0.463 e. The van der Waals surface area contributed by atoms with Crippen LogP contribution in [0.25, 0.3) is 0 Å². The third-order valence-corrected chi connectivity index (χ3v) is 4.42. The molecule has 2 amide bonds. The van der Waals surface area contributed by atoms with Gasteiger partial charge in [-0.05, 0) is 30.7 Å². The van der Waals surface area contributed by atoms with Gasteiger partial charge in [0.25, 0.3) is 0 Å². The Morgan fingerprint density at radius 1 is 1.03 bits per heavy atom. The normalized spacial score (nSPS) is 15.9. The first-order valence-electron chi connectivity index (χ1n) is 8.95. The average molecular weight is 415 g/mol. The van der Waals surface area contributed by atoms with Crippen molar-refractivity contribution in [2.45, 2.75) is 13.0 Å². The van der Waals surface area contributed by atoms with Gasteiger partial charge in [-0.2, -0.15) is 0 Å². The van der Waals surface area contributed by atoms with Crippen LogP contribution in [-0.2, 0) is 14.3 Å². The molecule has 7 nitrogen and oxygen atoms in total. The average Bonchev–Trinajstić information content (AvgIpc) is 2.72. The van der Waals surface area contributed by atoms with Gasteiger partial charge >= 0.3 is 18.0 Å². The number of carbonyl (C=O) groups excluding carboxylic acids is 3. The summed E-state index contributed by atoms with van der Waals surface area (Å²) < 4.78 is 10.5. The van der Waals surface area contributed by atoms with Crippen LogP contribution in [0, 0.1) is 0 Å². The molecule has 0 saturated heterocycles. The summed E-state index contributed by atoms with van der Waals surface area (Å²) in [7, 11) is 0. The first-order valence-corrected chi connectivity index (χ1v) is 9.32. The number of carbonyl (C=O) groups is 3. The summed E-state index contributed by atoms with van der Waals surface area (Å²) in [6.07, 6.45) is 0. The highest BCUT2D eigenvalue weighted by atomic mass is 35.5. The Morgan fingerprint density at radius 3 is 2.48 bits per heavy atom. The molecule has 0 bridgehead atoms. The molecule has 1 aliphatic rings. The van der Waals surface area contributed by atoms with Crippen LogP contribution < -0.4 is 10.6 Å². The number of benzene rings is 2. The Kier molecular flexibility index (Phi) is 6.51. The summed E-state index contributed by atoms with van der Waals surface area (Å²) in [6.45, 7) is 1.54. The van der Waals surface area contributed by atoms with Crippen molar-refractivity contribution in [3.05, 3.63) is 82.0 Å². The predicted molar refractivity (Wildman–Crippen MR) is 106 cm³/mol. The number of hydrogen-bond acceptors (Lipinski definition) is 5. The van der Waals surface area contributed by atoms with Gasteiger partial charge in [0, 0.05) is 5.02 Å². The fraction of sp³-hybridized carbons (Fsp3) is 0.190. The van der Waals surface area contributed by atoms with E-state index in [2.05, 4.69) is 10.6 Å². The maximum absolute atomic E-state index is 12.6. The topological polar surface area (TPSA) is 93.7 Å². The van der Waals surface area contributed by atoms with E-state index in [1.54, 1.807) is 49.4 Å². The first-order chi connectivity index (χ1) is 14.0. The molecule has 8 heteroatoms. The van der Waals surface area contributed by atoms with Crippen LogP contribution in [0.4, 0.5) is 4.79 Å². The van der Waals surface area contributed by atoms with Crippen molar-refractivity contribution in [2.24, 2.45) is 0 Å². The van der Waals surface area contributed by atoms with Crippen LogP contribution in [0.15, 0.2) is 65.9 Å². The van der Waals surface area contributed by atoms with E-state index >= 15 is 0 Å². The van der Waals surface area contributed by atoms with Crippen molar-refractivity contribution in [2.75, 3.05) is 13.2 Å². The van der Waals surface area contributed by atoms with E-state index in [4.69, 9.17) is 21.1 Å². The van der Waals surface area contributed by atoms with Crippen molar-refractivity contribution >= 4 is 29.6 Å². The Morgan fingerprint density at radius 2 is 1.79 bits per heavy atom. The predicted octanol–water partition coefficient (Wildman–Crippen LogP) is 3.37. The third kappa shape index (κ3) is 4.94. The van der Waals surface area contributed by atoms with E-state index in [1.165, 1.54) is 6.07 Å². The standard InChI is InChI=1S/C21H19ClN2O5/c1-2-28-20(26)17-16(12-29-19(25)14-9-6-10-15(22)11-14)23-21(27)24-18(17)13-7-4-3-5-8-13/h3-11,18H,2,12H2,1H3,(H2,23,24,27). The van der Waals surface area contributed by atoms with Gasteiger partial charge in [-0.3, -0.25) is 0 Å². The molecule has 1 aliphatic heterocycles. The lowest BCUT2D eigenvalue weighted by atomic mass is 9.95. The van der Waals surface area contributed by atoms with Gasteiger partial charge in [-0.1, -0.05) is 48.0 Å². The zero-order valence-electron chi connectivity index (χ0n) is 15.6. The molecule has 0 fully saturated rings. The second kappa shape index (κ2) is 9.25. The van der Waals surface area contributed by atoms with E-state index < -0.39 is 24.0 Å². The van der Waals surface area contributed by atoms with Crippen molar-refractivity contribution in [1.29, 1.82) is 0 Å². The zero-order valence-corrected chi connectivity index (χ0v) is 16.4. The lowest BCUT2D eigenvalue weighted by Crippen LogP contribution is -2.47. The lowest BCUT2D eigenvalue weighted by molar-refractivity contribution is -0.139. The van der Waals surface area contributed by atoms with Gasteiger partial charge < -0.3 is 20.1 Å². The second-order valence-electron chi connectivity index (χ2n) is 6.14. The van der Waals surface area contributed by atoms with Crippen LogP contribution in [0.1, 0.15) is 28.9 Å². The molecule has 3 rings (SSSR count). The van der Waals surface area contributed by atoms with Crippen molar-refractivity contribution in [3.63, 3.8) is 0 Å². The van der Waals surface area contributed by atoms with Crippen molar-refractivity contribution in [1.82, 2.24) is 10.6 Å². The minimum atomic E-state index is -0.733. The molecule has 1 unspecified atom stereocenters. The van der Waals surface area contributed by atoms with Gasteiger partial charge in [0.05, 0.1) is 29.5 Å². The summed E-state index contributed by atoms with van der Waals surface area (Å²) in [6, 6.07) is 14.0. The fourth-order valence-electron chi connectivity index (χ4n) is 2.91. The zero-order chi connectivity index (χ0) is 20.8. The highest BCUT2D eigenvalue weighted by molar-refractivity contribution is 6.30. The van der Waals surface area contributed by atoms with E-state index in [0.29, 0.717) is 10.6 Å². The minimum Gasteiger partial charge on any atom is -0.463 e. The molecule has 2 aromatic carbocycles. The Bertz CT molecular complexity index is 959. The number of rotatable bonds is 6. The number of urea groups is 1. The van der Waals surface area contributed by atoms with Gasteiger partial charge in [-0.15, -0.1) is 0 Å². The highest BCUT2D eigenvalue weighted by Gasteiger charge is 2.34. The van der Waals surface area contributed by atoms with Crippen molar-refractivity contribution in [3.8, 4) is 0 Å². The number of nitrogens with one attached hydrogen (secondary N) is 2. The molecule has 0 aliphatic carbocycles. The van der Waals surface area contributed by atoms with Gasteiger partial charge in [-0.25, -0.2) is 14.4 Å². The van der Waals surface area contributed by atoms with E-state index in [-0.39, 0.29) is 30.0 Å². The number of hydrogen-bond donors (Lipinski definition) is 2. The Balaban J connectivity index is 1.91. The summed E-state index contributed by atoms with van der Waals surface area (Å²) in [4.78, 5) is 37.1. The molecule has 1 heterocycles. The van der Waals surface area contributed by atoms with Crippen molar-refractivity contribution < 1.29 is 23.9 Å². The molecule has 1 atom stereocenters. The Labute approximate surface area is 172 Å². The Hall–Kier alpha value is -3.32. The number of amides is 2. The summed E-state index contributed by atoms with van der Waals surface area (Å²) in [5, 5.41) is 5.66. The molecular weight excluding hydrogens is 396 g/mol. The number of halogens is 1. The molecule has 150 valence electrons. The number of ether oxygens (including phenoxy) is 2. The van der Waals surface area contributed by atoms with Gasteiger partial charge in [0.2, 0.25) is 0 Å². The van der Waals surface area contributed by atoms with E-state index in [0.717, 1.165) is 0 Å². The molecule has 2 N–H and O–H groups in total. The van der Waals surface area contributed by atoms with Crippen LogP contribution >= 0.6 is 11.6 Å². The van der Waals surface area contributed by atoms with Gasteiger partial charge in [0.1, 0.15) is 6.61 Å². The molecule has 0 aromatic heterocycles. The monoisotopic (exact) mass is 414 g/mol. The molecule has 0 radical (unpaired) electrons. The first kappa shape index (κ1) is 20.4. The summed E-state index contributed by atoms with van der Waals surface area (Å²) in [5.74, 6) is -1.24. The molecule has 29 heavy (non-hydrogen) atoms. The smallest absolute Gasteiger partial charge is 0.338 e. The second-order valence-corrected chi connectivity index (χ2v) is 6.58. The highest BCUT2D eigenvalue weighted by Crippen LogP contribution is 2.28. The molecular formula is C21H19ClN2O5. The van der Waals surface area contributed by atoms with E-state index in [1.807, 2.05) is 6.07 Å². The molecule has 0 spiro atoms. The van der Waals surface area contributed by atoms with Crippen LogP contribution in [0.2, 0.25) is 5.02 Å². The SMILES string of the molecule is CCOC(=O)C1=C(COC(=O)c2cccc(Cl)c2)NC(=O)NC1c1ccccc1. The van der Waals surface area contributed by atoms with Gasteiger partial charge in [0.15, 0.2) is 0 Å². The summed E-state index contributed by atoms with van der Waals surface area (Å²) >= 11 is 5.90. The lowest BCUT2D eigenvalue weighted by Gasteiger charge is -2.29. The quantitative estimate of drug-likeness (QED) is 0.707.